The van der Waals surface area contributed by atoms with Crippen molar-refractivity contribution in [2.45, 2.75) is 0 Å². The maximum Gasteiger partial charge on any atom is 0.147 e. The lowest BCUT2D eigenvalue weighted by Crippen LogP contribution is -1.90. The van der Waals surface area contributed by atoms with Gasteiger partial charge in [-0.1, -0.05) is 40.9 Å². The van der Waals surface area contributed by atoms with E-state index < -0.39 is 0 Å². The van der Waals surface area contributed by atoms with Crippen LogP contribution in [0.2, 0.25) is 15.1 Å². The molecule has 0 unspecified atom stereocenters. The van der Waals surface area contributed by atoms with Crippen LogP contribution in [0.25, 0.3) is 0 Å². The van der Waals surface area contributed by atoms with Crippen LogP contribution >= 0.6 is 50.7 Å². The van der Waals surface area contributed by atoms with Crippen LogP contribution in [0, 0.1) is 11.3 Å². The highest BCUT2D eigenvalue weighted by atomic mass is 79.9. The van der Waals surface area contributed by atoms with Gasteiger partial charge in [-0.2, -0.15) is 5.26 Å². The molecule has 2 rings (SSSR count). The molecule has 0 saturated carbocycles. The summed E-state index contributed by atoms with van der Waals surface area (Å²) in [5, 5.41) is 10.2. The SMILES string of the molecule is N#Cc1c(Cl)cccc1Oc1cc(Cl)c(Br)cc1Cl. The molecular formula is C13H5BrCl3NO. The molecule has 0 spiro atoms. The Morgan fingerprint density at radius 1 is 1.00 bits per heavy atom. The monoisotopic (exact) mass is 375 g/mol. The predicted octanol–water partition coefficient (Wildman–Crippen LogP) is 6.07. The molecule has 6 heteroatoms. The Labute approximate surface area is 133 Å². The van der Waals surface area contributed by atoms with Crippen molar-refractivity contribution in [2.75, 3.05) is 0 Å². The number of ether oxygens (including phenoxy) is 1. The van der Waals surface area contributed by atoms with Crippen molar-refractivity contribution in [3.63, 3.8) is 0 Å². The van der Waals surface area contributed by atoms with Crippen LogP contribution in [0.5, 0.6) is 11.5 Å². The van der Waals surface area contributed by atoms with Crippen LogP contribution in [0.4, 0.5) is 0 Å². The summed E-state index contributed by atoms with van der Waals surface area (Å²) in [6.45, 7) is 0. The lowest BCUT2D eigenvalue weighted by atomic mass is 10.2. The molecule has 0 bridgehead atoms. The minimum Gasteiger partial charge on any atom is -0.454 e. The summed E-state index contributed by atoms with van der Waals surface area (Å²) in [4.78, 5) is 0. The summed E-state index contributed by atoms with van der Waals surface area (Å²) in [5.41, 5.74) is 0.249. The first-order valence-electron chi connectivity index (χ1n) is 5.04. The third-order valence-electron chi connectivity index (χ3n) is 2.28. The summed E-state index contributed by atoms with van der Waals surface area (Å²) in [5.74, 6) is 0.684. The van der Waals surface area contributed by atoms with Crippen LogP contribution in [0.1, 0.15) is 5.56 Å². The molecule has 0 N–H and O–H groups in total. The van der Waals surface area contributed by atoms with Gasteiger partial charge < -0.3 is 4.74 Å². The molecule has 0 aliphatic rings. The van der Waals surface area contributed by atoms with Gasteiger partial charge in [-0.15, -0.1) is 0 Å². The molecular weight excluding hydrogens is 372 g/mol. The molecule has 0 saturated heterocycles. The Bertz CT molecular complexity index is 682. The first-order valence-corrected chi connectivity index (χ1v) is 6.96. The van der Waals surface area contributed by atoms with Crippen molar-refractivity contribution in [2.24, 2.45) is 0 Å². The molecule has 0 heterocycles. The molecule has 0 fully saturated rings. The Hall–Kier alpha value is -0.920. The third-order valence-corrected chi connectivity index (χ3v) is 4.09. The minimum absolute atomic E-state index is 0.249. The molecule has 19 heavy (non-hydrogen) atoms. The fourth-order valence-corrected chi connectivity index (χ4v) is 2.44. The number of hydrogen-bond acceptors (Lipinski definition) is 2. The van der Waals surface area contributed by atoms with E-state index in [1.807, 2.05) is 6.07 Å². The van der Waals surface area contributed by atoms with Crippen LogP contribution in [0.15, 0.2) is 34.8 Å². The van der Waals surface area contributed by atoms with Gasteiger partial charge in [0.1, 0.15) is 23.1 Å². The highest BCUT2D eigenvalue weighted by Crippen LogP contribution is 2.38. The van der Waals surface area contributed by atoms with Gasteiger partial charge in [-0.3, -0.25) is 0 Å². The summed E-state index contributed by atoms with van der Waals surface area (Å²) in [6.07, 6.45) is 0. The van der Waals surface area contributed by atoms with Crippen molar-refractivity contribution in [1.82, 2.24) is 0 Å². The molecule has 0 aliphatic heterocycles. The topological polar surface area (TPSA) is 33.0 Å². The summed E-state index contributed by atoms with van der Waals surface area (Å²) in [7, 11) is 0. The smallest absolute Gasteiger partial charge is 0.147 e. The second-order valence-corrected chi connectivity index (χ2v) is 5.60. The Balaban J connectivity index is 2.45. The van der Waals surface area contributed by atoms with Crippen molar-refractivity contribution in [3.8, 4) is 17.6 Å². The minimum atomic E-state index is 0.249. The van der Waals surface area contributed by atoms with Gasteiger partial charge in [0.25, 0.3) is 0 Å². The Morgan fingerprint density at radius 2 is 1.74 bits per heavy atom. The molecule has 0 atom stereocenters. The molecule has 0 radical (unpaired) electrons. The molecule has 0 aliphatic carbocycles. The van der Waals surface area contributed by atoms with E-state index in [2.05, 4.69) is 15.9 Å². The lowest BCUT2D eigenvalue weighted by Gasteiger charge is -2.10. The summed E-state index contributed by atoms with van der Waals surface area (Å²) >= 11 is 21.2. The third kappa shape index (κ3) is 3.16. The van der Waals surface area contributed by atoms with E-state index in [4.69, 9.17) is 44.8 Å². The first-order chi connectivity index (χ1) is 9.02. The number of rotatable bonds is 2. The number of halogens is 4. The lowest BCUT2D eigenvalue weighted by molar-refractivity contribution is 0.481. The quantitative estimate of drug-likeness (QED) is 0.595. The molecule has 2 nitrogen and oxygen atoms in total. The van der Waals surface area contributed by atoms with Crippen molar-refractivity contribution < 1.29 is 4.74 Å². The molecule has 0 amide bonds. The van der Waals surface area contributed by atoms with Crippen molar-refractivity contribution in [1.29, 1.82) is 5.26 Å². The second-order valence-electron chi connectivity index (χ2n) is 3.52. The number of hydrogen-bond donors (Lipinski definition) is 0. The first kappa shape index (κ1) is 14.5. The summed E-state index contributed by atoms with van der Waals surface area (Å²) < 4.78 is 6.27. The zero-order valence-electron chi connectivity index (χ0n) is 9.25. The van der Waals surface area contributed by atoms with E-state index in [1.165, 1.54) is 0 Å². The highest BCUT2D eigenvalue weighted by molar-refractivity contribution is 9.10. The van der Waals surface area contributed by atoms with E-state index in [9.17, 15) is 0 Å². The largest absolute Gasteiger partial charge is 0.454 e. The van der Waals surface area contributed by atoms with Crippen LogP contribution < -0.4 is 4.74 Å². The van der Waals surface area contributed by atoms with E-state index in [0.29, 0.717) is 31.0 Å². The maximum absolute atomic E-state index is 9.06. The van der Waals surface area contributed by atoms with Gasteiger partial charge in [0.2, 0.25) is 0 Å². The number of nitrogens with zero attached hydrogens (tertiary/aromatic N) is 1. The average molecular weight is 377 g/mol. The van der Waals surface area contributed by atoms with Crippen LogP contribution in [-0.2, 0) is 0 Å². The Morgan fingerprint density at radius 3 is 2.42 bits per heavy atom. The van der Waals surface area contributed by atoms with E-state index in [0.717, 1.165) is 0 Å². The van der Waals surface area contributed by atoms with Crippen LogP contribution in [0.3, 0.4) is 0 Å². The number of benzene rings is 2. The fraction of sp³-hybridized carbons (Fsp3) is 0. The van der Waals surface area contributed by atoms with Gasteiger partial charge in [-0.25, -0.2) is 0 Å². The van der Waals surface area contributed by atoms with Gasteiger partial charge in [0.05, 0.1) is 15.1 Å². The highest BCUT2D eigenvalue weighted by Gasteiger charge is 2.12. The predicted molar refractivity (Wildman–Crippen MR) is 80.4 cm³/mol. The van der Waals surface area contributed by atoms with Gasteiger partial charge in [0, 0.05) is 10.5 Å². The molecule has 2 aromatic rings. The number of nitriles is 1. The Kier molecular flexibility index (Phi) is 4.59. The normalized spacial score (nSPS) is 10.1. The van der Waals surface area contributed by atoms with Gasteiger partial charge >= 0.3 is 0 Å². The van der Waals surface area contributed by atoms with E-state index >= 15 is 0 Å². The van der Waals surface area contributed by atoms with Crippen LogP contribution in [-0.4, -0.2) is 0 Å². The van der Waals surface area contributed by atoms with Gasteiger partial charge in [-0.05, 0) is 34.1 Å². The van der Waals surface area contributed by atoms with E-state index in [1.54, 1.807) is 30.3 Å². The fourth-order valence-electron chi connectivity index (χ4n) is 1.40. The average Bonchev–Trinajstić information content (AvgIpc) is 2.36. The molecule has 96 valence electrons. The zero-order chi connectivity index (χ0) is 14.0. The molecule has 0 aromatic heterocycles. The second kappa shape index (κ2) is 6.02. The summed E-state index contributed by atoms with van der Waals surface area (Å²) in [6, 6.07) is 10.1. The van der Waals surface area contributed by atoms with Crippen molar-refractivity contribution >= 4 is 50.7 Å². The zero-order valence-corrected chi connectivity index (χ0v) is 13.1. The van der Waals surface area contributed by atoms with E-state index in [-0.39, 0.29) is 5.56 Å². The standard InChI is InChI=1S/C13H5BrCl3NO/c14-8-4-11(17)13(5-10(8)16)19-12-3-1-2-9(15)7(12)6-18/h1-5H. The maximum atomic E-state index is 9.06. The molecule has 2 aromatic carbocycles. The van der Waals surface area contributed by atoms with Gasteiger partial charge in [0.15, 0.2) is 0 Å². The van der Waals surface area contributed by atoms with Crippen molar-refractivity contribution in [3.05, 3.63) is 55.4 Å².